The van der Waals surface area contributed by atoms with Crippen LogP contribution in [0.5, 0.6) is 0 Å². The molecule has 0 radical (unpaired) electrons. The first-order valence-corrected chi connectivity index (χ1v) is 12.1. The van der Waals surface area contributed by atoms with Crippen LogP contribution in [0, 0.1) is 0 Å². The third kappa shape index (κ3) is 11.8. The summed E-state index contributed by atoms with van der Waals surface area (Å²) in [5.74, 6) is -0.351. The monoisotopic (exact) mass is 388 g/mol. The molecule has 0 saturated carbocycles. The fourth-order valence-corrected chi connectivity index (χ4v) is 4.99. The van der Waals surface area contributed by atoms with Crippen molar-refractivity contribution in [3.8, 4) is 0 Å². The maximum Gasteiger partial charge on any atom is 0.501 e. The van der Waals surface area contributed by atoms with Crippen molar-refractivity contribution in [2.45, 2.75) is 91.7 Å². The number of rotatable bonds is 17. The van der Waals surface area contributed by atoms with Crippen LogP contribution >= 0.6 is 0 Å². The molecule has 0 aromatic carbocycles. The molecule has 1 atom stereocenters. The molecular weight excluding hydrogens is 348 g/mol. The summed E-state index contributed by atoms with van der Waals surface area (Å²) in [6.45, 7) is 15.6. The van der Waals surface area contributed by atoms with Crippen molar-refractivity contribution in [2.24, 2.45) is 0 Å². The minimum Gasteiger partial charge on any atom is -0.459 e. The molecular formula is C20H40O5Si. The van der Waals surface area contributed by atoms with Crippen LogP contribution in [0.1, 0.15) is 79.6 Å². The largest absolute Gasteiger partial charge is 0.501 e. The van der Waals surface area contributed by atoms with Gasteiger partial charge in [-0.15, -0.1) is 0 Å². The SMILES string of the molecule is C=C(C)C(=O)OC(C)CC[Si](OCCCC)(OCCCC)OCCCC. The summed E-state index contributed by atoms with van der Waals surface area (Å²) in [6, 6.07) is 0.661. The summed E-state index contributed by atoms with van der Waals surface area (Å²) in [5, 5.41) is 0. The van der Waals surface area contributed by atoms with Crippen molar-refractivity contribution >= 4 is 14.8 Å². The van der Waals surface area contributed by atoms with Gasteiger partial charge in [0.05, 0.1) is 6.10 Å². The maximum absolute atomic E-state index is 11.7. The Balaban J connectivity index is 4.89. The zero-order valence-corrected chi connectivity index (χ0v) is 18.6. The Morgan fingerprint density at radius 1 is 0.923 bits per heavy atom. The van der Waals surface area contributed by atoms with Gasteiger partial charge in [0, 0.05) is 31.4 Å². The molecule has 1 unspecified atom stereocenters. The Kier molecular flexibility index (Phi) is 15.0. The van der Waals surface area contributed by atoms with E-state index in [-0.39, 0.29) is 12.1 Å². The number of unbranched alkanes of at least 4 members (excludes halogenated alkanes) is 3. The molecule has 6 heteroatoms. The highest BCUT2D eigenvalue weighted by Gasteiger charge is 2.41. The third-order valence-electron chi connectivity index (χ3n) is 3.97. The quantitative estimate of drug-likeness (QED) is 0.147. The second-order valence-electron chi connectivity index (χ2n) is 6.82. The molecule has 0 saturated heterocycles. The topological polar surface area (TPSA) is 54.0 Å². The maximum atomic E-state index is 11.7. The van der Waals surface area contributed by atoms with Crippen molar-refractivity contribution in [3.63, 3.8) is 0 Å². The van der Waals surface area contributed by atoms with E-state index < -0.39 is 8.80 Å². The minimum absolute atomic E-state index is 0.217. The lowest BCUT2D eigenvalue weighted by Gasteiger charge is -2.30. The Morgan fingerprint density at radius 3 is 1.69 bits per heavy atom. The molecule has 154 valence electrons. The molecule has 0 amide bonds. The first kappa shape index (κ1) is 25.3. The van der Waals surface area contributed by atoms with E-state index >= 15 is 0 Å². The van der Waals surface area contributed by atoms with E-state index in [9.17, 15) is 4.79 Å². The van der Waals surface area contributed by atoms with Crippen molar-refractivity contribution in [1.29, 1.82) is 0 Å². The normalized spacial score (nSPS) is 12.8. The van der Waals surface area contributed by atoms with Crippen molar-refractivity contribution < 1.29 is 22.8 Å². The number of carbonyl (C=O) groups is 1. The van der Waals surface area contributed by atoms with Crippen LogP contribution in [0.2, 0.25) is 6.04 Å². The highest BCUT2D eigenvalue weighted by atomic mass is 28.4. The fourth-order valence-electron chi connectivity index (χ4n) is 2.18. The van der Waals surface area contributed by atoms with Gasteiger partial charge in [0.2, 0.25) is 0 Å². The molecule has 5 nitrogen and oxygen atoms in total. The van der Waals surface area contributed by atoms with Crippen LogP contribution in [0.4, 0.5) is 0 Å². The lowest BCUT2D eigenvalue weighted by molar-refractivity contribution is -0.143. The first-order chi connectivity index (χ1) is 12.4. The minimum atomic E-state index is -2.76. The smallest absolute Gasteiger partial charge is 0.459 e. The lowest BCUT2D eigenvalue weighted by Crippen LogP contribution is -2.47. The van der Waals surface area contributed by atoms with Gasteiger partial charge in [0.15, 0.2) is 0 Å². The zero-order chi connectivity index (χ0) is 19.8. The second-order valence-corrected chi connectivity index (χ2v) is 9.56. The van der Waals surface area contributed by atoms with E-state index in [1.54, 1.807) is 6.92 Å². The van der Waals surface area contributed by atoms with Crippen molar-refractivity contribution in [2.75, 3.05) is 19.8 Å². The van der Waals surface area contributed by atoms with Gasteiger partial charge in [0.25, 0.3) is 0 Å². The van der Waals surface area contributed by atoms with Gasteiger partial charge < -0.3 is 18.0 Å². The molecule has 26 heavy (non-hydrogen) atoms. The van der Waals surface area contributed by atoms with E-state index in [4.69, 9.17) is 18.0 Å². The Labute approximate surface area is 161 Å². The standard InChI is InChI=1S/C20H40O5Si/c1-7-10-14-22-26(23-15-11-8-2,24-16-12-9-3)17-13-19(6)25-20(21)18(4)5/h19H,4,7-17H2,1-3,5-6H3. The van der Waals surface area contributed by atoms with Crippen molar-refractivity contribution in [3.05, 3.63) is 12.2 Å². The van der Waals surface area contributed by atoms with Crippen LogP contribution < -0.4 is 0 Å². The highest BCUT2D eigenvalue weighted by Crippen LogP contribution is 2.22. The molecule has 0 aromatic heterocycles. The predicted molar refractivity (Wildman–Crippen MR) is 108 cm³/mol. The summed E-state index contributed by atoms with van der Waals surface area (Å²) in [5.41, 5.74) is 0.415. The molecule has 0 heterocycles. The molecule has 0 N–H and O–H groups in total. The summed E-state index contributed by atoms with van der Waals surface area (Å²) < 4.78 is 24.0. The van der Waals surface area contributed by atoms with Crippen LogP contribution in [-0.2, 0) is 22.8 Å². The van der Waals surface area contributed by atoms with Gasteiger partial charge >= 0.3 is 14.8 Å². The second kappa shape index (κ2) is 15.4. The molecule has 0 rings (SSSR count). The van der Waals surface area contributed by atoms with E-state index in [2.05, 4.69) is 27.4 Å². The highest BCUT2D eigenvalue weighted by molar-refractivity contribution is 6.60. The van der Waals surface area contributed by atoms with Gasteiger partial charge in [-0.3, -0.25) is 0 Å². The third-order valence-corrected chi connectivity index (χ3v) is 6.81. The molecule has 0 aliphatic rings. The van der Waals surface area contributed by atoms with E-state index in [0.29, 0.717) is 37.9 Å². The molecule has 0 aliphatic carbocycles. The first-order valence-electron chi connectivity index (χ1n) is 10.2. The van der Waals surface area contributed by atoms with Gasteiger partial charge in [-0.25, -0.2) is 4.79 Å². The number of hydrogen-bond acceptors (Lipinski definition) is 5. The van der Waals surface area contributed by atoms with Gasteiger partial charge in [0.1, 0.15) is 0 Å². The van der Waals surface area contributed by atoms with Crippen LogP contribution in [0.15, 0.2) is 12.2 Å². The number of esters is 1. The number of carbonyl (C=O) groups excluding carboxylic acids is 1. The summed E-state index contributed by atoms with van der Waals surface area (Å²) >= 11 is 0. The zero-order valence-electron chi connectivity index (χ0n) is 17.6. The van der Waals surface area contributed by atoms with Crippen LogP contribution in [0.25, 0.3) is 0 Å². The predicted octanol–water partition coefficient (Wildman–Crippen LogP) is 5.27. The van der Waals surface area contributed by atoms with Crippen LogP contribution in [-0.4, -0.2) is 40.7 Å². The average Bonchev–Trinajstić information content (AvgIpc) is 2.60. The molecule has 0 fully saturated rings. The van der Waals surface area contributed by atoms with E-state index in [1.807, 2.05) is 6.92 Å². The molecule has 0 spiro atoms. The Hall–Kier alpha value is -0.693. The Bertz CT molecular complexity index is 360. The lowest BCUT2D eigenvalue weighted by atomic mass is 10.3. The van der Waals surface area contributed by atoms with E-state index in [0.717, 1.165) is 38.5 Å². The van der Waals surface area contributed by atoms with Crippen molar-refractivity contribution in [1.82, 2.24) is 0 Å². The van der Waals surface area contributed by atoms with E-state index in [1.165, 1.54) is 0 Å². The summed E-state index contributed by atoms with van der Waals surface area (Å²) in [4.78, 5) is 11.7. The van der Waals surface area contributed by atoms with Gasteiger partial charge in [-0.1, -0.05) is 46.6 Å². The van der Waals surface area contributed by atoms with Crippen LogP contribution in [0.3, 0.4) is 0 Å². The van der Waals surface area contributed by atoms with Gasteiger partial charge in [-0.2, -0.15) is 0 Å². The summed E-state index contributed by atoms with van der Waals surface area (Å²) in [7, 11) is -2.76. The molecule has 0 aliphatic heterocycles. The summed E-state index contributed by atoms with van der Waals surface area (Å²) in [6.07, 6.45) is 6.62. The fraction of sp³-hybridized carbons (Fsp3) is 0.850. The van der Waals surface area contributed by atoms with Gasteiger partial charge in [-0.05, 0) is 39.5 Å². The number of ether oxygens (including phenoxy) is 1. The number of hydrogen-bond donors (Lipinski definition) is 0. The Morgan fingerprint density at radius 2 is 1.35 bits per heavy atom. The molecule has 0 aromatic rings. The average molecular weight is 389 g/mol. The molecule has 0 bridgehead atoms.